The molecule has 0 aliphatic carbocycles. The Morgan fingerprint density at radius 2 is 1.79 bits per heavy atom. The van der Waals surface area contributed by atoms with Crippen LogP contribution in [0.1, 0.15) is 32.1 Å². The third kappa shape index (κ3) is 2.20. The highest BCUT2D eigenvalue weighted by Gasteiger charge is 2.40. The molecule has 2 saturated heterocycles. The molecule has 0 saturated carbocycles. The lowest BCUT2D eigenvalue weighted by Crippen LogP contribution is -2.58. The van der Waals surface area contributed by atoms with Crippen LogP contribution in [-0.2, 0) is 4.43 Å². The second kappa shape index (κ2) is 4.33. The molecule has 0 aromatic rings. The van der Waals surface area contributed by atoms with Crippen molar-refractivity contribution in [1.82, 2.24) is 4.90 Å². The van der Waals surface area contributed by atoms with Gasteiger partial charge >= 0.3 is 0 Å². The van der Waals surface area contributed by atoms with E-state index in [9.17, 15) is 0 Å². The molecule has 0 amide bonds. The third-order valence-corrected chi connectivity index (χ3v) is 6.94. The predicted octanol–water partition coefficient (Wildman–Crippen LogP) is 2.40. The summed E-state index contributed by atoms with van der Waals surface area (Å²) in [6.45, 7) is 8.45. The Morgan fingerprint density at radius 3 is 2.43 bits per heavy atom. The van der Waals surface area contributed by atoms with Crippen molar-refractivity contribution in [3.05, 3.63) is 0 Å². The fourth-order valence-corrected chi connectivity index (χ4v) is 5.81. The summed E-state index contributed by atoms with van der Waals surface area (Å²) in [5.74, 6) is 0. The van der Waals surface area contributed by atoms with Crippen molar-refractivity contribution in [2.75, 3.05) is 19.7 Å². The summed E-state index contributed by atoms with van der Waals surface area (Å²) < 4.78 is 6.03. The minimum Gasteiger partial charge on any atom is -0.416 e. The lowest BCUT2D eigenvalue weighted by Gasteiger charge is -2.44. The molecule has 1 unspecified atom stereocenters. The van der Waals surface area contributed by atoms with Gasteiger partial charge in [0, 0.05) is 12.3 Å². The third-order valence-electron chi connectivity index (χ3n) is 3.73. The van der Waals surface area contributed by atoms with Crippen LogP contribution in [0.5, 0.6) is 0 Å². The van der Waals surface area contributed by atoms with Gasteiger partial charge < -0.3 is 9.33 Å². The molecule has 0 bridgehead atoms. The molecule has 14 heavy (non-hydrogen) atoms. The SMILES string of the molecule is C[Si]1(C)OCCCC1N1CCCCC1. The minimum atomic E-state index is -1.38. The summed E-state index contributed by atoms with van der Waals surface area (Å²) in [6.07, 6.45) is 6.91. The first-order valence-corrected chi connectivity index (χ1v) is 9.07. The molecule has 2 aliphatic rings. The van der Waals surface area contributed by atoms with Crippen molar-refractivity contribution in [3.63, 3.8) is 0 Å². The normalized spacial score (nSPS) is 34.3. The molecule has 2 aliphatic heterocycles. The Morgan fingerprint density at radius 1 is 1.07 bits per heavy atom. The molecule has 0 aromatic carbocycles. The van der Waals surface area contributed by atoms with Gasteiger partial charge in [-0.25, -0.2) is 0 Å². The fourth-order valence-electron chi connectivity index (χ4n) is 2.91. The van der Waals surface area contributed by atoms with Crippen molar-refractivity contribution in [2.24, 2.45) is 0 Å². The van der Waals surface area contributed by atoms with E-state index in [1.54, 1.807) is 0 Å². The molecule has 0 N–H and O–H groups in total. The molecule has 2 nitrogen and oxygen atoms in total. The molecule has 0 radical (unpaired) electrons. The van der Waals surface area contributed by atoms with Crippen LogP contribution in [0.25, 0.3) is 0 Å². The second-order valence-electron chi connectivity index (χ2n) is 5.21. The van der Waals surface area contributed by atoms with Crippen LogP contribution >= 0.6 is 0 Å². The van der Waals surface area contributed by atoms with Gasteiger partial charge in [0.2, 0.25) is 8.32 Å². The average molecular weight is 213 g/mol. The molecule has 3 heteroatoms. The van der Waals surface area contributed by atoms with Gasteiger partial charge in [-0.3, -0.25) is 0 Å². The summed E-state index contributed by atoms with van der Waals surface area (Å²) in [4.78, 5) is 2.72. The first kappa shape index (κ1) is 10.6. The maximum atomic E-state index is 6.03. The largest absolute Gasteiger partial charge is 0.416 e. The number of nitrogens with zero attached hydrogens (tertiary/aromatic N) is 1. The van der Waals surface area contributed by atoms with Crippen molar-refractivity contribution < 1.29 is 4.43 Å². The van der Waals surface area contributed by atoms with Gasteiger partial charge in [0.15, 0.2) is 0 Å². The van der Waals surface area contributed by atoms with E-state index < -0.39 is 8.32 Å². The van der Waals surface area contributed by atoms with Crippen LogP contribution < -0.4 is 0 Å². The minimum absolute atomic E-state index is 0.802. The zero-order valence-electron chi connectivity index (χ0n) is 9.59. The van der Waals surface area contributed by atoms with Gasteiger partial charge in [-0.15, -0.1) is 0 Å². The Bertz CT molecular complexity index is 190. The van der Waals surface area contributed by atoms with Crippen LogP contribution in [-0.4, -0.2) is 38.6 Å². The van der Waals surface area contributed by atoms with Gasteiger partial charge in [0.1, 0.15) is 0 Å². The first-order valence-electron chi connectivity index (χ1n) is 6.08. The second-order valence-corrected chi connectivity index (χ2v) is 9.37. The van der Waals surface area contributed by atoms with E-state index >= 15 is 0 Å². The van der Waals surface area contributed by atoms with Gasteiger partial charge in [0.05, 0.1) is 0 Å². The Kier molecular flexibility index (Phi) is 3.29. The number of piperidine rings is 1. The lowest BCUT2D eigenvalue weighted by molar-refractivity contribution is 0.140. The molecule has 2 fully saturated rings. The number of hydrogen-bond acceptors (Lipinski definition) is 2. The van der Waals surface area contributed by atoms with Gasteiger partial charge in [-0.1, -0.05) is 6.42 Å². The number of rotatable bonds is 1. The summed E-state index contributed by atoms with van der Waals surface area (Å²) in [5, 5.41) is 0. The summed E-state index contributed by atoms with van der Waals surface area (Å²) in [5.41, 5.74) is 0.802. The monoisotopic (exact) mass is 213 g/mol. The highest BCUT2D eigenvalue weighted by Crippen LogP contribution is 2.27. The smallest absolute Gasteiger partial charge is 0.203 e. The van der Waals surface area contributed by atoms with Crippen molar-refractivity contribution in [1.29, 1.82) is 0 Å². The summed E-state index contributed by atoms with van der Waals surface area (Å²) >= 11 is 0. The molecule has 0 aromatic heterocycles. The van der Waals surface area contributed by atoms with E-state index in [2.05, 4.69) is 18.0 Å². The number of hydrogen-bond donors (Lipinski definition) is 0. The summed E-state index contributed by atoms with van der Waals surface area (Å²) in [7, 11) is -1.38. The van der Waals surface area contributed by atoms with E-state index in [1.807, 2.05) is 0 Å². The van der Waals surface area contributed by atoms with Gasteiger partial charge in [-0.2, -0.15) is 0 Å². The molecule has 2 rings (SSSR count). The van der Waals surface area contributed by atoms with Crippen molar-refractivity contribution >= 4 is 8.32 Å². The zero-order valence-corrected chi connectivity index (χ0v) is 10.6. The van der Waals surface area contributed by atoms with Gasteiger partial charge in [0.25, 0.3) is 0 Å². The molecular formula is C11H23NOSi. The summed E-state index contributed by atoms with van der Waals surface area (Å²) in [6, 6.07) is 0. The van der Waals surface area contributed by atoms with Gasteiger partial charge in [-0.05, 0) is 51.9 Å². The molecular weight excluding hydrogens is 190 g/mol. The first-order chi connectivity index (χ1) is 6.70. The predicted molar refractivity (Wildman–Crippen MR) is 61.9 cm³/mol. The topological polar surface area (TPSA) is 12.5 Å². The molecule has 0 spiro atoms. The Hall–Kier alpha value is 0.137. The standard InChI is InChI=1S/C11H23NOSi/c1-14(2)11(7-6-10-13-14)12-8-4-3-5-9-12/h11H,3-10H2,1-2H3. The number of likely N-dealkylation sites (tertiary alicyclic amines) is 1. The zero-order chi connectivity index (χ0) is 10.0. The average Bonchev–Trinajstić information content (AvgIpc) is 2.18. The highest BCUT2D eigenvalue weighted by molar-refractivity contribution is 6.72. The van der Waals surface area contributed by atoms with E-state index in [4.69, 9.17) is 4.43 Å². The molecule has 1 atom stereocenters. The highest BCUT2D eigenvalue weighted by atomic mass is 28.4. The lowest BCUT2D eigenvalue weighted by atomic mass is 10.1. The van der Waals surface area contributed by atoms with E-state index in [-0.39, 0.29) is 0 Å². The quantitative estimate of drug-likeness (QED) is 0.620. The Balaban J connectivity index is 1.99. The van der Waals surface area contributed by atoms with Crippen LogP contribution in [0.3, 0.4) is 0 Å². The van der Waals surface area contributed by atoms with E-state index in [0.717, 1.165) is 12.3 Å². The van der Waals surface area contributed by atoms with Crippen LogP contribution in [0.2, 0.25) is 13.1 Å². The maximum absolute atomic E-state index is 6.03. The van der Waals surface area contributed by atoms with Crippen molar-refractivity contribution in [3.8, 4) is 0 Å². The molecule has 2 heterocycles. The fraction of sp³-hybridized carbons (Fsp3) is 1.00. The van der Waals surface area contributed by atoms with E-state index in [1.165, 1.54) is 45.2 Å². The van der Waals surface area contributed by atoms with Crippen LogP contribution in [0.4, 0.5) is 0 Å². The van der Waals surface area contributed by atoms with E-state index in [0.29, 0.717) is 0 Å². The Labute approximate surface area is 88.8 Å². The maximum Gasteiger partial charge on any atom is 0.203 e. The van der Waals surface area contributed by atoms with Crippen LogP contribution in [0, 0.1) is 0 Å². The van der Waals surface area contributed by atoms with Crippen molar-refractivity contribution in [2.45, 2.75) is 50.9 Å². The van der Waals surface area contributed by atoms with Crippen LogP contribution in [0.15, 0.2) is 0 Å². The molecule has 82 valence electrons.